The number of hydrogen-bond acceptors (Lipinski definition) is 3. The summed E-state index contributed by atoms with van der Waals surface area (Å²) in [5, 5.41) is 11.7. The minimum Gasteiger partial charge on any atom is -0.394 e. The summed E-state index contributed by atoms with van der Waals surface area (Å²) >= 11 is 0. The van der Waals surface area contributed by atoms with Crippen molar-refractivity contribution in [3.05, 3.63) is 0 Å². The van der Waals surface area contributed by atoms with Crippen LogP contribution in [0.2, 0.25) is 0 Å². The summed E-state index contributed by atoms with van der Waals surface area (Å²) in [5.41, 5.74) is 0. The highest BCUT2D eigenvalue weighted by Crippen LogP contribution is 2.09. The third-order valence-electron chi connectivity index (χ3n) is 2.35. The number of aliphatic hydroxyl groups excluding tert-OH is 1. The van der Waals surface area contributed by atoms with Crippen LogP contribution >= 0.6 is 0 Å². The van der Waals surface area contributed by atoms with Crippen molar-refractivity contribution in [2.75, 3.05) is 20.3 Å². The maximum absolute atomic E-state index is 11.6. The van der Waals surface area contributed by atoms with E-state index in [0.717, 1.165) is 0 Å². The van der Waals surface area contributed by atoms with E-state index in [4.69, 9.17) is 9.84 Å². The maximum atomic E-state index is 11.6. The van der Waals surface area contributed by atoms with Crippen LogP contribution in [0.3, 0.4) is 0 Å². The summed E-state index contributed by atoms with van der Waals surface area (Å²) in [4.78, 5) is 11.6. The lowest BCUT2D eigenvalue weighted by molar-refractivity contribution is -0.127. The van der Waals surface area contributed by atoms with Crippen molar-refractivity contribution in [3.63, 3.8) is 0 Å². The van der Waals surface area contributed by atoms with Crippen LogP contribution in [0.4, 0.5) is 0 Å². The highest BCUT2D eigenvalue weighted by molar-refractivity contribution is 5.78. The van der Waals surface area contributed by atoms with Gasteiger partial charge in [-0.1, -0.05) is 20.8 Å². The lowest BCUT2D eigenvalue weighted by atomic mass is 9.97. The molecule has 0 spiro atoms. The van der Waals surface area contributed by atoms with Crippen molar-refractivity contribution < 1.29 is 14.6 Å². The smallest absolute Gasteiger partial charge is 0.223 e. The van der Waals surface area contributed by atoms with Crippen molar-refractivity contribution in [1.82, 2.24) is 5.32 Å². The molecule has 0 aromatic carbocycles. The molecule has 84 valence electrons. The van der Waals surface area contributed by atoms with E-state index >= 15 is 0 Å². The molecule has 4 heteroatoms. The second-order valence-corrected chi connectivity index (χ2v) is 3.88. The Morgan fingerprint density at radius 1 is 1.43 bits per heavy atom. The molecule has 2 N–H and O–H groups in total. The van der Waals surface area contributed by atoms with Gasteiger partial charge in [0.05, 0.1) is 19.3 Å². The fraction of sp³-hybridized carbons (Fsp3) is 0.900. The predicted octanol–water partition coefficient (Wildman–Crippen LogP) is 0.402. The molecule has 0 aromatic rings. The zero-order valence-electron chi connectivity index (χ0n) is 9.41. The van der Waals surface area contributed by atoms with E-state index in [1.54, 1.807) is 7.11 Å². The molecular weight excluding hydrogens is 182 g/mol. The number of amides is 1. The van der Waals surface area contributed by atoms with Crippen molar-refractivity contribution in [2.45, 2.75) is 26.8 Å². The third kappa shape index (κ3) is 4.58. The average Bonchev–Trinajstić information content (AvgIpc) is 2.15. The fourth-order valence-corrected chi connectivity index (χ4v) is 0.977. The molecule has 0 aliphatic heterocycles. The van der Waals surface area contributed by atoms with Gasteiger partial charge in [0, 0.05) is 13.0 Å². The largest absolute Gasteiger partial charge is 0.394 e. The molecule has 2 unspecified atom stereocenters. The number of carbonyl (C=O) groups excluding carboxylic acids is 1. The van der Waals surface area contributed by atoms with E-state index in [0.29, 0.717) is 12.5 Å². The molecule has 0 bridgehead atoms. The Bertz CT molecular complexity index is 171. The van der Waals surface area contributed by atoms with Gasteiger partial charge in [-0.3, -0.25) is 4.79 Å². The van der Waals surface area contributed by atoms with Crippen molar-refractivity contribution in [2.24, 2.45) is 11.8 Å². The van der Waals surface area contributed by atoms with E-state index in [1.165, 1.54) is 0 Å². The summed E-state index contributed by atoms with van der Waals surface area (Å²) < 4.78 is 4.86. The van der Waals surface area contributed by atoms with Gasteiger partial charge in [-0.2, -0.15) is 0 Å². The quantitative estimate of drug-likeness (QED) is 0.657. The van der Waals surface area contributed by atoms with Gasteiger partial charge in [0.2, 0.25) is 5.91 Å². The molecule has 0 radical (unpaired) electrons. The first-order chi connectivity index (χ1) is 6.52. The third-order valence-corrected chi connectivity index (χ3v) is 2.35. The molecule has 0 aromatic heterocycles. The topological polar surface area (TPSA) is 58.6 Å². The molecule has 2 atom stereocenters. The first-order valence-electron chi connectivity index (χ1n) is 4.93. The van der Waals surface area contributed by atoms with E-state index < -0.39 is 0 Å². The summed E-state index contributed by atoms with van der Waals surface area (Å²) in [6.07, 6.45) is 0. The number of carbonyl (C=O) groups is 1. The first-order valence-corrected chi connectivity index (χ1v) is 4.93. The monoisotopic (exact) mass is 203 g/mol. The van der Waals surface area contributed by atoms with Gasteiger partial charge in [-0.15, -0.1) is 0 Å². The molecule has 0 aliphatic carbocycles. The Hall–Kier alpha value is -0.610. The lowest BCUT2D eigenvalue weighted by Crippen LogP contribution is -2.43. The fourth-order valence-electron chi connectivity index (χ4n) is 0.977. The molecule has 0 saturated carbocycles. The molecule has 14 heavy (non-hydrogen) atoms. The van der Waals surface area contributed by atoms with Crippen LogP contribution in [0.1, 0.15) is 20.8 Å². The second kappa shape index (κ2) is 6.79. The van der Waals surface area contributed by atoms with Gasteiger partial charge in [-0.25, -0.2) is 0 Å². The van der Waals surface area contributed by atoms with Crippen molar-refractivity contribution in [1.29, 1.82) is 0 Å². The minimum absolute atomic E-state index is 0.0314. The molecular formula is C10H21NO3. The van der Waals surface area contributed by atoms with Gasteiger partial charge < -0.3 is 15.2 Å². The van der Waals surface area contributed by atoms with Crippen LogP contribution in [0.25, 0.3) is 0 Å². The van der Waals surface area contributed by atoms with Gasteiger partial charge >= 0.3 is 0 Å². The summed E-state index contributed by atoms with van der Waals surface area (Å²) in [5.74, 6) is 0.230. The van der Waals surface area contributed by atoms with E-state index in [9.17, 15) is 4.79 Å². The highest BCUT2D eigenvalue weighted by Gasteiger charge is 2.19. The Morgan fingerprint density at radius 3 is 2.36 bits per heavy atom. The van der Waals surface area contributed by atoms with Crippen molar-refractivity contribution >= 4 is 5.91 Å². The highest BCUT2D eigenvalue weighted by atomic mass is 16.5. The SMILES string of the molecule is COCC(CO)NC(=O)C(C)C(C)C. The Labute approximate surface area is 85.6 Å². The van der Waals surface area contributed by atoms with E-state index in [-0.39, 0.29) is 24.5 Å². The Kier molecular flexibility index (Phi) is 6.49. The molecule has 0 fully saturated rings. The van der Waals surface area contributed by atoms with Crippen LogP contribution in [-0.4, -0.2) is 37.4 Å². The minimum atomic E-state index is -0.298. The van der Waals surface area contributed by atoms with Crippen molar-refractivity contribution in [3.8, 4) is 0 Å². The van der Waals surface area contributed by atoms with Crippen LogP contribution < -0.4 is 5.32 Å². The number of aliphatic hydroxyl groups is 1. The lowest BCUT2D eigenvalue weighted by Gasteiger charge is -2.20. The molecule has 0 rings (SSSR count). The summed E-state index contributed by atoms with van der Waals surface area (Å²) in [6.45, 7) is 6.11. The molecule has 4 nitrogen and oxygen atoms in total. The molecule has 1 amide bonds. The normalized spacial score (nSPS) is 15.3. The average molecular weight is 203 g/mol. The Balaban J connectivity index is 4.01. The molecule has 0 heterocycles. The van der Waals surface area contributed by atoms with Gasteiger partial charge in [0.15, 0.2) is 0 Å². The first kappa shape index (κ1) is 13.4. The van der Waals surface area contributed by atoms with Gasteiger partial charge in [-0.05, 0) is 5.92 Å². The molecule has 0 saturated heterocycles. The van der Waals surface area contributed by atoms with Crippen LogP contribution in [0.5, 0.6) is 0 Å². The Morgan fingerprint density at radius 2 is 2.00 bits per heavy atom. The molecule has 0 aliphatic rings. The van der Waals surface area contributed by atoms with Crippen LogP contribution in [0, 0.1) is 11.8 Å². The van der Waals surface area contributed by atoms with Crippen LogP contribution in [0.15, 0.2) is 0 Å². The van der Waals surface area contributed by atoms with Gasteiger partial charge in [0.25, 0.3) is 0 Å². The van der Waals surface area contributed by atoms with Crippen LogP contribution in [-0.2, 0) is 9.53 Å². The summed E-state index contributed by atoms with van der Waals surface area (Å²) in [6, 6.07) is -0.298. The second-order valence-electron chi connectivity index (χ2n) is 3.88. The number of ether oxygens (including phenoxy) is 1. The van der Waals surface area contributed by atoms with Gasteiger partial charge in [0.1, 0.15) is 0 Å². The standard InChI is InChI=1S/C10H21NO3/c1-7(2)8(3)10(13)11-9(5-12)6-14-4/h7-9,12H,5-6H2,1-4H3,(H,11,13). The van der Waals surface area contributed by atoms with E-state index in [1.807, 2.05) is 20.8 Å². The van der Waals surface area contributed by atoms with E-state index in [2.05, 4.69) is 5.32 Å². The summed E-state index contributed by atoms with van der Waals surface area (Å²) in [7, 11) is 1.54. The number of hydrogen-bond donors (Lipinski definition) is 2. The number of nitrogens with one attached hydrogen (secondary N) is 1. The number of rotatable bonds is 6. The number of methoxy groups -OCH3 is 1. The zero-order valence-corrected chi connectivity index (χ0v) is 9.41. The zero-order chi connectivity index (χ0) is 11.1. The predicted molar refractivity (Wildman–Crippen MR) is 54.9 cm³/mol. The maximum Gasteiger partial charge on any atom is 0.223 e.